The summed E-state index contributed by atoms with van der Waals surface area (Å²) >= 11 is 0. The van der Waals surface area contributed by atoms with Gasteiger partial charge < -0.3 is 15.4 Å². The molecule has 0 aliphatic carbocycles. The van der Waals surface area contributed by atoms with Gasteiger partial charge in [-0.2, -0.15) is 13.2 Å². The van der Waals surface area contributed by atoms with E-state index in [0.29, 0.717) is 0 Å². The fourth-order valence-electron chi connectivity index (χ4n) is 0.873. The lowest BCUT2D eigenvalue weighted by Crippen LogP contribution is -2.40. The topological polar surface area (TPSA) is 67.4 Å². The molecule has 0 aromatic rings. The number of carbonyl (C=O) groups is 2. The highest BCUT2D eigenvalue weighted by atomic mass is 19.4. The zero-order valence-corrected chi connectivity index (χ0v) is 10.5. The highest BCUT2D eigenvalue weighted by molar-refractivity contribution is 5.82. The Labute approximate surface area is 103 Å². The van der Waals surface area contributed by atoms with Crippen LogP contribution in [0.4, 0.5) is 18.0 Å². The van der Waals surface area contributed by atoms with Crippen molar-refractivity contribution in [2.45, 2.75) is 39.0 Å². The van der Waals surface area contributed by atoms with Gasteiger partial charge >= 0.3 is 12.3 Å². The third-order valence-corrected chi connectivity index (χ3v) is 1.52. The maximum absolute atomic E-state index is 11.8. The van der Waals surface area contributed by atoms with E-state index >= 15 is 0 Å². The minimum atomic E-state index is -4.31. The summed E-state index contributed by atoms with van der Waals surface area (Å²) in [6.07, 6.45) is -6.22. The number of alkyl carbamates (subject to hydrolysis) is 1. The van der Waals surface area contributed by atoms with Crippen molar-refractivity contribution >= 4 is 12.0 Å². The Kier molecular flexibility index (Phi) is 5.93. The van der Waals surface area contributed by atoms with Gasteiger partial charge in [-0.3, -0.25) is 4.79 Å². The Balaban J connectivity index is 3.75. The van der Waals surface area contributed by atoms with Crippen molar-refractivity contribution in [3.8, 4) is 0 Å². The predicted octanol–water partition coefficient (Wildman–Crippen LogP) is 1.58. The second-order valence-electron chi connectivity index (χ2n) is 4.57. The molecular weight excluding hydrogens is 253 g/mol. The molecule has 0 saturated heterocycles. The van der Waals surface area contributed by atoms with E-state index in [2.05, 4.69) is 5.32 Å². The SMILES string of the molecule is CC(C)(C)OC(=O)NCC(=O)NCCC(F)(F)F. The van der Waals surface area contributed by atoms with E-state index in [4.69, 9.17) is 4.74 Å². The molecule has 0 aromatic carbocycles. The molecule has 0 unspecified atom stereocenters. The molecule has 0 bridgehead atoms. The Morgan fingerprint density at radius 2 is 1.67 bits per heavy atom. The van der Waals surface area contributed by atoms with E-state index in [1.54, 1.807) is 20.8 Å². The molecule has 0 aliphatic rings. The molecular formula is C10H17F3N2O3. The predicted molar refractivity (Wildman–Crippen MR) is 57.9 cm³/mol. The molecule has 0 atom stereocenters. The summed E-state index contributed by atoms with van der Waals surface area (Å²) in [5.74, 6) is -0.704. The molecule has 0 aliphatic heterocycles. The van der Waals surface area contributed by atoms with Crippen molar-refractivity contribution in [2.24, 2.45) is 0 Å². The third kappa shape index (κ3) is 11.0. The number of halogens is 3. The standard InChI is InChI=1S/C10H17F3N2O3/c1-9(2,3)18-8(17)15-6-7(16)14-5-4-10(11,12)13/h4-6H2,1-3H3,(H,14,16)(H,15,17). The summed E-state index contributed by atoms with van der Waals surface area (Å²) in [7, 11) is 0. The van der Waals surface area contributed by atoms with Crippen molar-refractivity contribution in [1.82, 2.24) is 10.6 Å². The molecule has 0 fully saturated rings. The number of carbonyl (C=O) groups excluding carboxylic acids is 2. The molecule has 106 valence electrons. The zero-order chi connectivity index (χ0) is 14.4. The molecule has 18 heavy (non-hydrogen) atoms. The molecule has 0 rings (SSSR count). The first-order chi connectivity index (χ1) is 7.99. The maximum Gasteiger partial charge on any atom is 0.408 e. The van der Waals surface area contributed by atoms with Gasteiger partial charge in [-0.25, -0.2) is 4.79 Å². The van der Waals surface area contributed by atoms with Gasteiger partial charge in [-0.15, -0.1) is 0 Å². The van der Waals surface area contributed by atoms with Crippen LogP contribution in [-0.4, -0.2) is 36.9 Å². The number of rotatable bonds is 4. The van der Waals surface area contributed by atoms with Gasteiger partial charge in [0.2, 0.25) is 5.91 Å². The largest absolute Gasteiger partial charge is 0.444 e. The van der Waals surface area contributed by atoms with Crippen LogP contribution in [-0.2, 0) is 9.53 Å². The summed E-state index contributed by atoms with van der Waals surface area (Å²) in [4.78, 5) is 22.2. The normalized spacial score (nSPS) is 11.9. The van der Waals surface area contributed by atoms with Crippen LogP contribution < -0.4 is 10.6 Å². The fourth-order valence-corrected chi connectivity index (χ4v) is 0.873. The first kappa shape index (κ1) is 16.5. The van der Waals surface area contributed by atoms with Gasteiger partial charge in [0.05, 0.1) is 13.0 Å². The van der Waals surface area contributed by atoms with Crippen molar-refractivity contribution < 1.29 is 27.5 Å². The second kappa shape index (κ2) is 6.46. The molecule has 0 saturated carbocycles. The molecule has 8 heteroatoms. The van der Waals surface area contributed by atoms with Gasteiger partial charge in [0, 0.05) is 6.54 Å². The average molecular weight is 270 g/mol. The van der Waals surface area contributed by atoms with Crippen LogP contribution in [0.25, 0.3) is 0 Å². The molecule has 0 heterocycles. The molecule has 0 spiro atoms. The van der Waals surface area contributed by atoms with Crippen molar-refractivity contribution in [1.29, 1.82) is 0 Å². The first-order valence-electron chi connectivity index (χ1n) is 5.30. The molecule has 2 amide bonds. The van der Waals surface area contributed by atoms with Crippen LogP contribution >= 0.6 is 0 Å². The lowest BCUT2D eigenvalue weighted by Gasteiger charge is -2.19. The van der Waals surface area contributed by atoms with Gasteiger partial charge in [-0.05, 0) is 20.8 Å². The fraction of sp³-hybridized carbons (Fsp3) is 0.800. The molecule has 5 nitrogen and oxygen atoms in total. The quantitative estimate of drug-likeness (QED) is 0.815. The van der Waals surface area contributed by atoms with E-state index in [1.807, 2.05) is 5.32 Å². The van der Waals surface area contributed by atoms with Crippen molar-refractivity contribution in [3.63, 3.8) is 0 Å². The number of hydrogen-bond acceptors (Lipinski definition) is 3. The molecule has 2 N–H and O–H groups in total. The van der Waals surface area contributed by atoms with Crippen LogP contribution in [0.2, 0.25) is 0 Å². The number of amides is 2. The minimum Gasteiger partial charge on any atom is -0.444 e. The van der Waals surface area contributed by atoms with Crippen LogP contribution in [0.5, 0.6) is 0 Å². The monoisotopic (exact) mass is 270 g/mol. The number of nitrogens with one attached hydrogen (secondary N) is 2. The van der Waals surface area contributed by atoms with Crippen molar-refractivity contribution in [3.05, 3.63) is 0 Å². The summed E-state index contributed by atoms with van der Waals surface area (Å²) in [5.41, 5.74) is -0.698. The van der Waals surface area contributed by atoms with Crippen molar-refractivity contribution in [2.75, 3.05) is 13.1 Å². The number of hydrogen-bond donors (Lipinski definition) is 2. The number of ether oxygens (including phenoxy) is 1. The van der Waals surface area contributed by atoms with Crippen LogP contribution in [0.1, 0.15) is 27.2 Å². The van der Waals surface area contributed by atoms with Crippen LogP contribution in [0.3, 0.4) is 0 Å². The van der Waals surface area contributed by atoms with E-state index in [9.17, 15) is 22.8 Å². The molecule has 0 radical (unpaired) electrons. The van der Waals surface area contributed by atoms with E-state index in [-0.39, 0.29) is 0 Å². The Morgan fingerprint density at radius 1 is 1.11 bits per heavy atom. The summed E-state index contributed by atoms with van der Waals surface area (Å²) in [6.45, 7) is 4.01. The summed E-state index contributed by atoms with van der Waals surface area (Å²) in [6, 6.07) is 0. The maximum atomic E-state index is 11.8. The summed E-state index contributed by atoms with van der Waals surface area (Å²) in [5, 5.41) is 4.16. The second-order valence-corrected chi connectivity index (χ2v) is 4.57. The van der Waals surface area contributed by atoms with Gasteiger partial charge in [0.1, 0.15) is 5.60 Å². The Morgan fingerprint density at radius 3 is 2.11 bits per heavy atom. The Bertz CT molecular complexity index is 298. The average Bonchev–Trinajstić information content (AvgIpc) is 2.09. The third-order valence-electron chi connectivity index (χ3n) is 1.52. The van der Waals surface area contributed by atoms with E-state index in [0.717, 1.165) is 0 Å². The van der Waals surface area contributed by atoms with Crippen LogP contribution in [0, 0.1) is 0 Å². The Hall–Kier alpha value is -1.47. The zero-order valence-electron chi connectivity index (χ0n) is 10.5. The van der Waals surface area contributed by atoms with Gasteiger partial charge in [0.25, 0.3) is 0 Å². The number of alkyl halides is 3. The van der Waals surface area contributed by atoms with E-state index < -0.39 is 43.3 Å². The lowest BCUT2D eigenvalue weighted by atomic mass is 10.2. The smallest absolute Gasteiger partial charge is 0.408 e. The highest BCUT2D eigenvalue weighted by Gasteiger charge is 2.26. The highest BCUT2D eigenvalue weighted by Crippen LogP contribution is 2.17. The van der Waals surface area contributed by atoms with Gasteiger partial charge in [-0.1, -0.05) is 0 Å². The first-order valence-corrected chi connectivity index (χ1v) is 5.30. The molecule has 0 aromatic heterocycles. The minimum absolute atomic E-state index is 0.424. The van der Waals surface area contributed by atoms with Gasteiger partial charge in [0.15, 0.2) is 0 Å². The van der Waals surface area contributed by atoms with E-state index in [1.165, 1.54) is 0 Å². The summed E-state index contributed by atoms with van der Waals surface area (Å²) < 4.78 is 40.1. The van der Waals surface area contributed by atoms with Crippen LogP contribution in [0.15, 0.2) is 0 Å². The lowest BCUT2D eigenvalue weighted by molar-refractivity contribution is -0.135.